The third-order valence-electron chi connectivity index (χ3n) is 2.40. The first-order valence-corrected chi connectivity index (χ1v) is 5.14. The maximum atomic E-state index is 13.4. The van der Waals surface area contributed by atoms with E-state index in [2.05, 4.69) is 10.4 Å². The van der Waals surface area contributed by atoms with Gasteiger partial charge < -0.3 is 5.32 Å². The Morgan fingerprint density at radius 2 is 2.28 bits per heavy atom. The highest BCUT2D eigenvalue weighted by molar-refractivity contribution is 5.91. The van der Waals surface area contributed by atoms with Gasteiger partial charge >= 0.3 is 0 Å². The summed E-state index contributed by atoms with van der Waals surface area (Å²) in [6, 6.07) is 7.51. The topological polar surface area (TPSA) is 70.7 Å². The lowest BCUT2D eigenvalue weighted by Gasteiger charge is -2.04. The monoisotopic (exact) mass is 244 g/mol. The van der Waals surface area contributed by atoms with Gasteiger partial charge in [-0.25, -0.2) is 9.07 Å². The van der Waals surface area contributed by atoms with Crippen molar-refractivity contribution in [2.45, 2.75) is 0 Å². The zero-order valence-corrected chi connectivity index (χ0v) is 9.51. The number of nitrogens with one attached hydrogen (secondary N) is 1. The Labute approximate surface area is 102 Å². The van der Waals surface area contributed by atoms with Crippen LogP contribution in [0.2, 0.25) is 0 Å². The number of nitrogens with zero attached hydrogens (tertiary/aromatic N) is 3. The van der Waals surface area contributed by atoms with Gasteiger partial charge in [-0.05, 0) is 18.2 Å². The molecule has 1 heterocycles. The second-order valence-corrected chi connectivity index (χ2v) is 3.47. The molecule has 0 saturated carbocycles. The minimum atomic E-state index is -0.619. The Balaban J connectivity index is 2.50. The minimum absolute atomic E-state index is 0.107. The number of carbonyl (C=O) groups is 1. The van der Waals surface area contributed by atoms with Gasteiger partial charge in [-0.2, -0.15) is 10.4 Å². The lowest BCUT2D eigenvalue weighted by Crippen LogP contribution is -2.18. The van der Waals surface area contributed by atoms with Crippen molar-refractivity contribution in [3.05, 3.63) is 47.5 Å². The molecule has 0 aliphatic rings. The van der Waals surface area contributed by atoms with Crippen LogP contribution in [-0.4, -0.2) is 22.7 Å². The summed E-state index contributed by atoms with van der Waals surface area (Å²) in [7, 11) is 1.49. The highest BCUT2D eigenvalue weighted by Crippen LogP contribution is 2.16. The largest absolute Gasteiger partial charge is 0.354 e. The third-order valence-corrected chi connectivity index (χ3v) is 2.40. The molecule has 0 atom stereocenters. The van der Waals surface area contributed by atoms with Gasteiger partial charge in [-0.15, -0.1) is 0 Å². The molecule has 2 aromatic rings. The third kappa shape index (κ3) is 1.94. The zero-order chi connectivity index (χ0) is 13.1. The van der Waals surface area contributed by atoms with Crippen LogP contribution in [-0.2, 0) is 0 Å². The van der Waals surface area contributed by atoms with Crippen LogP contribution in [0.25, 0.3) is 5.69 Å². The van der Waals surface area contributed by atoms with Crippen LogP contribution >= 0.6 is 0 Å². The van der Waals surface area contributed by atoms with Crippen molar-refractivity contribution in [1.82, 2.24) is 15.1 Å². The summed E-state index contributed by atoms with van der Waals surface area (Å²) >= 11 is 0. The predicted molar refractivity (Wildman–Crippen MR) is 61.6 cm³/mol. The second-order valence-electron chi connectivity index (χ2n) is 3.47. The van der Waals surface area contributed by atoms with E-state index in [0.29, 0.717) is 5.69 Å². The first kappa shape index (κ1) is 11.8. The van der Waals surface area contributed by atoms with E-state index in [0.717, 1.165) is 0 Å². The number of aromatic nitrogens is 2. The zero-order valence-electron chi connectivity index (χ0n) is 9.51. The minimum Gasteiger partial charge on any atom is -0.354 e. The standard InChI is InChI=1S/C12H9FN4O/c1-15-12(18)10-5-6-17(16-10)11-4-2-3-9(13)8(11)7-14/h2-6H,1H3,(H,15,18). The van der Waals surface area contributed by atoms with Gasteiger partial charge in [0.15, 0.2) is 5.69 Å². The molecule has 1 amide bonds. The quantitative estimate of drug-likeness (QED) is 0.864. The average Bonchev–Trinajstić information content (AvgIpc) is 2.87. The highest BCUT2D eigenvalue weighted by atomic mass is 19.1. The Hall–Kier alpha value is -2.68. The van der Waals surface area contributed by atoms with Crippen LogP contribution in [0.5, 0.6) is 0 Å². The van der Waals surface area contributed by atoms with Crippen LogP contribution in [0.1, 0.15) is 16.1 Å². The van der Waals surface area contributed by atoms with Crippen molar-refractivity contribution >= 4 is 5.91 Å². The summed E-state index contributed by atoms with van der Waals surface area (Å²) in [6.45, 7) is 0. The van der Waals surface area contributed by atoms with Crippen molar-refractivity contribution in [2.75, 3.05) is 7.05 Å². The summed E-state index contributed by atoms with van der Waals surface area (Å²) in [5.41, 5.74) is 0.391. The fourth-order valence-electron chi connectivity index (χ4n) is 1.52. The maximum absolute atomic E-state index is 13.4. The van der Waals surface area contributed by atoms with Gasteiger partial charge in [0.1, 0.15) is 17.4 Å². The predicted octanol–water partition coefficient (Wildman–Crippen LogP) is 1.24. The van der Waals surface area contributed by atoms with Gasteiger partial charge in [-0.3, -0.25) is 4.79 Å². The molecule has 2 rings (SSSR count). The summed E-state index contributed by atoms with van der Waals surface area (Å²) in [4.78, 5) is 11.4. The van der Waals surface area contributed by atoms with E-state index in [1.54, 1.807) is 12.1 Å². The van der Waals surface area contributed by atoms with E-state index in [1.807, 2.05) is 0 Å². The molecule has 0 fully saturated rings. The molecular weight excluding hydrogens is 235 g/mol. The van der Waals surface area contributed by atoms with E-state index in [9.17, 15) is 9.18 Å². The Bertz CT molecular complexity index is 642. The number of nitriles is 1. The van der Waals surface area contributed by atoms with Gasteiger partial charge in [0.05, 0.1) is 5.69 Å². The van der Waals surface area contributed by atoms with E-state index in [1.165, 1.54) is 36.1 Å². The molecule has 1 aromatic carbocycles. The normalized spacial score (nSPS) is 9.83. The van der Waals surface area contributed by atoms with Crippen molar-refractivity contribution in [3.8, 4) is 11.8 Å². The molecule has 1 N–H and O–H groups in total. The average molecular weight is 244 g/mol. The number of benzene rings is 1. The maximum Gasteiger partial charge on any atom is 0.271 e. The van der Waals surface area contributed by atoms with Gasteiger partial charge in [0, 0.05) is 13.2 Å². The van der Waals surface area contributed by atoms with Crippen LogP contribution < -0.4 is 5.32 Å². The first-order valence-electron chi connectivity index (χ1n) is 5.14. The van der Waals surface area contributed by atoms with Crippen molar-refractivity contribution in [2.24, 2.45) is 0 Å². The summed E-state index contributed by atoms with van der Waals surface area (Å²) in [5, 5.41) is 15.3. The molecule has 0 saturated heterocycles. The van der Waals surface area contributed by atoms with E-state index < -0.39 is 5.82 Å². The van der Waals surface area contributed by atoms with Crippen LogP contribution in [0.3, 0.4) is 0 Å². The molecule has 0 aliphatic heterocycles. The van der Waals surface area contributed by atoms with Crippen LogP contribution in [0.15, 0.2) is 30.5 Å². The Morgan fingerprint density at radius 3 is 2.94 bits per heavy atom. The fraction of sp³-hybridized carbons (Fsp3) is 0.0833. The molecule has 0 aliphatic carbocycles. The van der Waals surface area contributed by atoms with Crippen LogP contribution in [0, 0.1) is 17.1 Å². The van der Waals surface area contributed by atoms with Crippen molar-refractivity contribution in [1.29, 1.82) is 5.26 Å². The summed E-state index contributed by atoms with van der Waals surface area (Å²) in [6.07, 6.45) is 1.50. The lowest BCUT2D eigenvalue weighted by atomic mass is 10.2. The van der Waals surface area contributed by atoms with Gasteiger partial charge in [0.2, 0.25) is 0 Å². The summed E-state index contributed by atoms with van der Waals surface area (Å²) < 4.78 is 14.7. The van der Waals surface area contributed by atoms with Crippen LogP contribution in [0.4, 0.5) is 4.39 Å². The van der Waals surface area contributed by atoms with E-state index in [-0.39, 0.29) is 17.2 Å². The van der Waals surface area contributed by atoms with Gasteiger partial charge in [0.25, 0.3) is 5.91 Å². The van der Waals surface area contributed by atoms with Crippen molar-refractivity contribution in [3.63, 3.8) is 0 Å². The molecule has 6 heteroatoms. The molecule has 0 unspecified atom stereocenters. The fourth-order valence-corrected chi connectivity index (χ4v) is 1.52. The molecule has 0 spiro atoms. The summed E-state index contributed by atoms with van der Waals surface area (Å²) in [5.74, 6) is -0.962. The Morgan fingerprint density at radius 1 is 1.50 bits per heavy atom. The number of carbonyl (C=O) groups excluding carboxylic acids is 1. The SMILES string of the molecule is CNC(=O)c1ccn(-c2cccc(F)c2C#N)n1. The van der Waals surface area contributed by atoms with E-state index in [4.69, 9.17) is 5.26 Å². The molecular formula is C12H9FN4O. The highest BCUT2D eigenvalue weighted by Gasteiger charge is 2.12. The molecule has 1 aromatic heterocycles. The lowest BCUT2D eigenvalue weighted by molar-refractivity contribution is 0.0957. The van der Waals surface area contributed by atoms with Gasteiger partial charge in [-0.1, -0.05) is 6.07 Å². The second kappa shape index (κ2) is 4.67. The number of hydrogen-bond acceptors (Lipinski definition) is 3. The molecule has 90 valence electrons. The molecule has 18 heavy (non-hydrogen) atoms. The van der Waals surface area contributed by atoms with Crippen molar-refractivity contribution < 1.29 is 9.18 Å². The van der Waals surface area contributed by atoms with E-state index >= 15 is 0 Å². The molecule has 5 nitrogen and oxygen atoms in total. The number of hydrogen-bond donors (Lipinski definition) is 1. The number of amides is 1. The number of rotatable bonds is 2. The smallest absolute Gasteiger partial charge is 0.271 e. The molecule has 0 bridgehead atoms. The number of halogens is 1. The Kier molecular flexibility index (Phi) is 3.06. The molecule has 0 radical (unpaired) electrons. The first-order chi connectivity index (χ1) is 8.67.